The van der Waals surface area contributed by atoms with Crippen LogP contribution in [0.5, 0.6) is 23.0 Å². The van der Waals surface area contributed by atoms with Crippen LogP contribution in [0.4, 0.5) is 0 Å². The van der Waals surface area contributed by atoms with Crippen molar-refractivity contribution >= 4 is 29.2 Å². The molecule has 0 saturated heterocycles. The van der Waals surface area contributed by atoms with Crippen molar-refractivity contribution in [3.05, 3.63) is 47.5 Å². The summed E-state index contributed by atoms with van der Waals surface area (Å²) in [7, 11) is 6.16. The Labute approximate surface area is 186 Å². The first-order chi connectivity index (χ1) is 15.5. The van der Waals surface area contributed by atoms with E-state index in [9.17, 15) is 9.59 Å². The summed E-state index contributed by atoms with van der Waals surface area (Å²) in [6, 6.07) is 10.9. The second kappa shape index (κ2) is 10.00. The summed E-state index contributed by atoms with van der Waals surface area (Å²) in [4.78, 5) is 27.2. The molecule has 0 aliphatic heterocycles. The first-order valence-corrected chi connectivity index (χ1v) is 9.84. The summed E-state index contributed by atoms with van der Waals surface area (Å²) < 4.78 is 27.3. The van der Waals surface area contributed by atoms with Crippen LogP contribution in [-0.4, -0.2) is 52.6 Å². The van der Waals surface area contributed by atoms with Crippen molar-refractivity contribution in [1.82, 2.24) is 0 Å². The van der Waals surface area contributed by atoms with Gasteiger partial charge < -0.3 is 23.7 Å². The van der Waals surface area contributed by atoms with Gasteiger partial charge in [0.05, 0.1) is 34.2 Å². The molecule has 2 aromatic rings. The Bertz CT molecular complexity index is 1050. The van der Waals surface area contributed by atoms with Gasteiger partial charge in [0, 0.05) is 24.5 Å². The van der Waals surface area contributed by atoms with Gasteiger partial charge in [-0.2, -0.15) is 0 Å². The third-order valence-electron chi connectivity index (χ3n) is 5.13. The summed E-state index contributed by atoms with van der Waals surface area (Å²) >= 11 is 0. The van der Waals surface area contributed by atoms with Crippen LogP contribution < -0.4 is 18.9 Å². The van der Waals surface area contributed by atoms with E-state index in [4.69, 9.17) is 23.7 Å². The molecule has 1 aliphatic rings. The SMILES string of the molecule is COc1ccc(C2=C(c3cc(OC)c(OC)c(OC)c3)C(=NC=O)CC2OC(C)=O)cc1. The molecule has 1 unspecified atom stereocenters. The van der Waals surface area contributed by atoms with Gasteiger partial charge in [-0.1, -0.05) is 12.1 Å². The first-order valence-electron chi connectivity index (χ1n) is 9.84. The molecule has 8 heteroatoms. The zero-order valence-electron chi connectivity index (χ0n) is 18.6. The van der Waals surface area contributed by atoms with Crippen molar-refractivity contribution in [2.45, 2.75) is 19.4 Å². The number of carbonyl (C=O) groups is 2. The van der Waals surface area contributed by atoms with Crippen LogP contribution in [0, 0.1) is 0 Å². The normalized spacial score (nSPS) is 16.7. The molecule has 0 N–H and O–H groups in total. The smallest absolute Gasteiger partial charge is 0.303 e. The van der Waals surface area contributed by atoms with Crippen LogP contribution in [0.3, 0.4) is 0 Å². The van der Waals surface area contributed by atoms with Crippen molar-refractivity contribution < 1.29 is 33.3 Å². The fraction of sp³-hybridized carbons (Fsp3) is 0.292. The van der Waals surface area contributed by atoms with Crippen molar-refractivity contribution in [2.24, 2.45) is 4.99 Å². The Balaban J connectivity index is 2.33. The number of allylic oxidation sites excluding steroid dienone is 1. The lowest BCUT2D eigenvalue weighted by molar-refractivity contribution is -0.143. The van der Waals surface area contributed by atoms with E-state index in [1.165, 1.54) is 28.3 Å². The van der Waals surface area contributed by atoms with E-state index in [0.29, 0.717) is 46.3 Å². The standard InChI is InChI=1S/C24H25NO7/c1-14(27)32-19-12-18(25-13-26)22(23(19)15-6-8-17(28-2)9-7-15)16-10-20(29-3)24(31-5)21(11-16)30-4/h6-11,13,19H,12H2,1-5H3. The second-order valence-corrected chi connectivity index (χ2v) is 6.91. The molecule has 0 aromatic heterocycles. The molecular weight excluding hydrogens is 414 g/mol. The van der Waals surface area contributed by atoms with E-state index >= 15 is 0 Å². The van der Waals surface area contributed by atoms with E-state index in [1.807, 2.05) is 24.3 Å². The lowest BCUT2D eigenvalue weighted by atomic mass is 9.95. The highest BCUT2D eigenvalue weighted by Gasteiger charge is 2.35. The number of benzene rings is 2. The van der Waals surface area contributed by atoms with Crippen molar-refractivity contribution in [3.63, 3.8) is 0 Å². The number of methoxy groups -OCH3 is 4. The van der Waals surface area contributed by atoms with Crippen LogP contribution in [0.25, 0.3) is 11.1 Å². The van der Waals surface area contributed by atoms with Crippen LogP contribution in [0.1, 0.15) is 24.5 Å². The molecule has 1 aliphatic carbocycles. The lowest BCUT2D eigenvalue weighted by Gasteiger charge is -2.18. The third-order valence-corrected chi connectivity index (χ3v) is 5.13. The predicted molar refractivity (Wildman–Crippen MR) is 120 cm³/mol. The summed E-state index contributed by atoms with van der Waals surface area (Å²) in [6.07, 6.45) is 0.120. The zero-order chi connectivity index (χ0) is 23.3. The number of hydrogen-bond acceptors (Lipinski definition) is 7. The molecule has 2 aromatic carbocycles. The van der Waals surface area contributed by atoms with Crippen molar-refractivity contribution in [3.8, 4) is 23.0 Å². The largest absolute Gasteiger partial charge is 0.497 e. The van der Waals surface area contributed by atoms with Gasteiger partial charge in [-0.15, -0.1) is 0 Å². The summed E-state index contributed by atoms with van der Waals surface area (Å²) in [5, 5.41) is 0. The average Bonchev–Trinajstić information content (AvgIpc) is 3.15. The number of hydrogen-bond donors (Lipinski definition) is 0. The average molecular weight is 439 g/mol. The van der Waals surface area contributed by atoms with Crippen LogP contribution >= 0.6 is 0 Å². The molecule has 0 heterocycles. The number of nitrogens with zero attached hydrogens (tertiary/aromatic N) is 1. The fourth-order valence-electron chi connectivity index (χ4n) is 3.83. The van der Waals surface area contributed by atoms with E-state index in [1.54, 1.807) is 19.2 Å². The second-order valence-electron chi connectivity index (χ2n) is 6.91. The number of amides is 1. The van der Waals surface area contributed by atoms with Crippen molar-refractivity contribution in [2.75, 3.05) is 28.4 Å². The maximum absolute atomic E-state index is 11.8. The van der Waals surface area contributed by atoms with Gasteiger partial charge in [0.1, 0.15) is 11.9 Å². The minimum atomic E-state index is -0.617. The summed E-state index contributed by atoms with van der Waals surface area (Å²) in [5.41, 5.74) is 3.36. The van der Waals surface area contributed by atoms with E-state index in [0.717, 1.165) is 11.1 Å². The Morgan fingerprint density at radius 1 is 0.938 bits per heavy atom. The minimum Gasteiger partial charge on any atom is -0.497 e. The number of esters is 1. The maximum atomic E-state index is 11.8. The predicted octanol–water partition coefficient (Wildman–Crippen LogP) is 3.56. The van der Waals surface area contributed by atoms with Crippen LogP contribution in [-0.2, 0) is 14.3 Å². The minimum absolute atomic E-state index is 0.256. The summed E-state index contributed by atoms with van der Waals surface area (Å²) in [5.74, 6) is 1.59. The van der Waals surface area contributed by atoms with Gasteiger partial charge in [-0.25, -0.2) is 4.99 Å². The Hall–Kier alpha value is -3.81. The van der Waals surface area contributed by atoms with E-state index < -0.39 is 12.1 Å². The molecule has 1 atom stereocenters. The topological polar surface area (TPSA) is 92.7 Å². The van der Waals surface area contributed by atoms with Gasteiger partial charge in [0.2, 0.25) is 12.2 Å². The molecule has 1 amide bonds. The number of carbonyl (C=O) groups excluding carboxylic acids is 2. The Morgan fingerprint density at radius 2 is 1.56 bits per heavy atom. The van der Waals surface area contributed by atoms with E-state index in [2.05, 4.69) is 4.99 Å². The molecule has 8 nitrogen and oxygen atoms in total. The molecule has 0 fully saturated rings. The molecule has 168 valence electrons. The number of rotatable bonds is 8. The van der Waals surface area contributed by atoms with Gasteiger partial charge in [0.25, 0.3) is 0 Å². The van der Waals surface area contributed by atoms with Crippen molar-refractivity contribution in [1.29, 1.82) is 0 Å². The van der Waals surface area contributed by atoms with E-state index in [-0.39, 0.29) is 6.42 Å². The van der Waals surface area contributed by atoms with Crippen LogP contribution in [0.2, 0.25) is 0 Å². The highest BCUT2D eigenvalue weighted by Crippen LogP contribution is 2.45. The highest BCUT2D eigenvalue weighted by atomic mass is 16.5. The Kier molecular flexibility index (Phi) is 7.14. The molecule has 0 saturated carbocycles. The number of aliphatic imine (C=N–C) groups is 1. The number of ether oxygens (including phenoxy) is 5. The first kappa shape index (κ1) is 22.9. The van der Waals surface area contributed by atoms with Gasteiger partial charge in [0.15, 0.2) is 11.5 Å². The van der Waals surface area contributed by atoms with Gasteiger partial charge in [-0.3, -0.25) is 9.59 Å². The summed E-state index contributed by atoms with van der Waals surface area (Å²) in [6.45, 7) is 1.35. The molecule has 32 heavy (non-hydrogen) atoms. The monoisotopic (exact) mass is 439 g/mol. The zero-order valence-corrected chi connectivity index (χ0v) is 18.6. The molecule has 0 spiro atoms. The molecule has 0 radical (unpaired) electrons. The molecule has 0 bridgehead atoms. The lowest BCUT2D eigenvalue weighted by Crippen LogP contribution is -2.16. The molecule has 3 rings (SSSR count). The highest BCUT2D eigenvalue weighted by molar-refractivity contribution is 6.35. The van der Waals surface area contributed by atoms with Gasteiger partial charge >= 0.3 is 5.97 Å². The fourth-order valence-corrected chi connectivity index (χ4v) is 3.83. The van der Waals surface area contributed by atoms with Crippen LogP contribution in [0.15, 0.2) is 41.4 Å². The Morgan fingerprint density at radius 3 is 2.03 bits per heavy atom. The van der Waals surface area contributed by atoms with Gasteiger partial charge in [-0.05, 0) is 35.4 Å². The molecular formula is C24H25NO7. The quantitative estimate of drug-likeness (QED) is 0.459. The third kappa shape index (κ3) is 4.44. The maximum Gasteiger partial charge on any atom is 0.303 e.